The van der Waals surface area contributed by atoms with Gasteiger partial charge in [0.2, 0.25) is 0 Å². The minimum absolute atomic E-state index is 0.0607. The fraction of sp³-hybridized carbons (Fsp3) is 0. The van der Waals surface area contributed by atoms with E-state index in [9.17, 15) is 8.42 Å². The van der Waals surface area contributed by atoms with Gasteiger partial charge < -0.3 is 0 Å². The van der Waals surface area contributed by atoms with E-state index in [4.69, 9.17) is 39.0 Å². The summed E-state index contributed by atoms with van der Waals surface area (Å²) in [6, 6.07) is 7.32. The van der Waals surface area contributed by atoms with Gasteiger partial charge >= 0.3 is 120 Å². The molecule has 0 radical (unpaired) electrons. The number of allylic oxidation sites excluding steroid dienone is 1. The molecule has 1 N–H and O–H groups in total. The van der Waals surface area contributed by atoms with E-state index in [1.165, 1.54) is 24.3 Å². The van der Waals surface area contributed by atoms with Crippen LogP contribution in [0.25, 0.3) is 0 Å². The number of nitrogens with zero attached hydrogens (tertiary/aromatic N) is 1. The molecule has 0 aliphatic carbocycles. The Morgan fingerprint density at radius 1 is 1.22 bits per heavy atom. The summed E-state index contributed by atoms with van der Waals surface area (Å²) in [5.74, 6) is 0. The van der Waals surface area contributed by atoms with Crippen LogP contribution in [0.1, 0.15) is 0 Å². The van der Waals surface area contributed by atoms with Crippen molar-refractivity contribution in [2.45, 2.75) is 4.90 Å². The van der Waals surface area contributed by atoms with Gasteiger partial charge in [-0.05, 0) is 0 Å². The van der Waals surface area contributed by atoms with Crippen LogP contribution >= 0.6 is 39.2 Å². The zero-order chi connectivity index (χ0) is 13.8. The second kappa shape index (κ2) is 6.10. The van der Waals surface area contributed by atoms with Crippen molar-refractivity contribution in [3.05, 3.63) is 35.7 Å². The number of nitriles is 1. The fourth-order valence-electron chi connectivity index (χ4n) is 1.09. The van der Waals surface area contributed by atoms with E-state index in [-0.39, 0.29) is 4.90 Å². The Morgan fingerprint density at radius 2 is 1.78 bits per heavy atom. The first kappa shape index (κ1) is 15.6. The molecule has 1 rings (SSSR count). The third-order valence-corrected chi connectivity index (χ3v) is 4.64. The van der Waals surface area contributed by atoms with Crippen molar-refractivity contribution >= 4 is 54.7 Å². The normalized spacial score (nSPS) is 13.2. The molecule has 18 heavy (non-hydrogen) atoms. The predicted octanol–water partition coefficient (Wildman–Crippen LogP) is 4.04. The number of rotatable bonds is 4. The van der Waals surface area contributed by atoms with Gasteiger partial charge in [-0.3, -0.25) is 0 Å². The summed E-state index contributed by atoms with van der Waals surface area (Å²) in [7, 11) is -3.60. The van der Waals surface area contributed by atoms with E-state index in [0.717, 1.165) is 11.5 Å². The number of sulfone groups is 1. The molecule has 1 aromatic rings. The second-order valence-electron chi connectivity index (χ2n) is 3.12. The molecule has 0 amide bonds. The van der Waals surface area contributed by atoms with Crippen LogP contribution in [0.2, 0.25) is 0 Å². The molecular formula is C9H8Cl3N2O2PS. The summed E-state index contributed by atoms with van der Waals surface area (Å²) < 4.78 is 23.3. The van der Waals surface area contributed by atoms with Gasteiger partial charge in [-0.25, -0.2) is 0 Å². The maximum atomic E-state index is 11.7. The van der Waals surface area contributed by atoms with Crippen molar-refractivity contribution in [1.29, 1.82) is 5.26 Å². The van der Waals surface area contributed by atoms with Crippen LogP contribution in [0.15, 0.2) is 40.6 Å². The van der Waals surface area contributed by atoms with Gasteiger partial charge in [0, 0.05) is 0 Å². The van der Waals surface area contributed by atoms with Gasteiger partial charge in [0.15, 0.2) is 0 Å². The van der Waals surface area contributed by atoms with Gasteiger partial charge in [0.1, 0.15) is 0 Å². The van der Waals surface area contributed by atoms with Crippen molar-refractivity contribution in [2.24, 2.45) is 0 Å². The molecule has 0 fully saturated rings. The number of nitrogens with one attached hydrogen (secondary N) is 1. The Kier molecular flexibility index (Phi) is 5.27. The van der Waals surface area contributed by atoms with E-state index in [1.54, 1.807) is 6.07 Å². The van der Waals surface area contributed by atoms with Crippen LogP contribution in [0.3, 0.4) is 0 Å². The fourth-order valence-corrected chi connectivity index (χ4v) is 3.48. The number of hydrogen-bond donors (Lipinski definition) is 1. The molecule has 0 atom stereocenters. The zero-order valence-electron chi connectivity index (χ0n) is 8.77. The summed E-state index contributed by atoms with van der Waals surface area (Å²) >= 11 is 17.0. The zero-order valence-corrected chi connectivity index (χ0v) is 12.9. The molecule has 0 aliphatic heterocycles. The average Bonchev–Trinajstić information content (AvgIpc) is 2.25. The first-order valence-corrected chi connectivity index (χ1v) is 11.1. The maximum absolute atomic E-state index is 11.7. The summed E-state index contributed by atoms with van der Waals surface area (Å²) in [5.41, 5.74) is -2.50. The second-order valence-corrected chi connectivity index (χ2v) is 13.0. The summed E-state index contributed by atoms with van der Waals surface area (Å²) in [6.07, 6.45) is 0.899. The Balaban J connectivity index is 2.97. The van der Waals surface area contributed by atoms with Gasteiger partial charge in [-0.15, -0.1) is 0 Å². The van der Waals surface area contributed by atoms with Gasteiger partial charge in [0.25, 0.3) is 0 Å². The van der Waals surface area contributed by atoms with Crippen molar-refractivity contribution in [3.63, 3.8) is 0 Å². The van der Waals surface area contributed by atoms with Crippen LogP contribution in [-0.4, -0.2) is 8.42 Å². The Bertz CT molecular complexity index is 588. The summed E-state index contributed by atoms with van der Waals surface area (Å²) in [4.78, 5) is 0.0607. The Labute approximate surface area is 120 Å². The van der Waals surface area contributed by atoms with Crippen molar-refractivity contribution in [3.8, 4) is 6.07 Å². The third kappa shape index (κ3) is 5.01. The van der Waals surface area contributed by atoms with E-state index in [0.29, 0.717) is 5.69 Å². The van der Waals surface area contributed by atoms with Crippen LogP contribution in [-0.2, 0) is 9.84 Å². The molecule has 9 heteroatoms. The van der Waals surface area contributed by atoms with E-state index >= 15 is 0 Å². The minimum atomic E-state index is -3.60. The first-order chi connectivity index (χ1) is 8.24. The summed E-state index contributed by atoms with van der Waals surface area (Å²) in [6.45, 7) is 0. The van der Waals surface area contributed by atoms with Gasteiger partial charge in [-0.1, -0.05) is 0 Å². The molecule has 4 nitrogen and oxygen atoms in total. The van der Waals surface area contributed by atoms with E-state index in [1.807, 2.05) is 0 Å². The van der Waals surface area contributed by atoms with E-state index in [2.05, 4.69) is 5.09 Å². The molecule has 0 heterocycles. The predicted molar refractivity (Wildman–Crippen MR) is 77.9 cm³/mol. The molecule has 0 unspecified atom stereocenters. The SMILES string of the molecule is N#CC=CS(=O)(=O)c1ccc(N[PH](Cl)(Cl)Cl)cc1. The molecule has 0 aromatic heterocycles. The molecule has 0 bridgehead atoms. The molecule has 0 aliphatic rings. The molecule has 1 aromatic carbocycles. The topological polar surface area (TPSA) is 70.0 Å². The number of benzene rings is 1. The Morgan fingerprint density at radius 3 is 2.22 bits per heavy atom. The van der Waals surface area contributed by atoms with Crippen LogP contribution in [0.4, 0.5) is 5.69 Å². The standard InChI is InChI=1S/C9H8Cl3N2O2PS/c10-17(11,12)14-8-2-4-9(5-3-8)18(15,16)7-1-6-13/h1-5,7,14,17H. The summed E-state index contributed by atoms with van der Waals surface area (Å²) in [5, 5.41) is 11.8. The van der Waals surface area contributed by atoms with Crippen LogP contribution < -0.4 is 5.09 Å². The molecule has 0 saturated carbocycles. The molecule has 0 spiro atoms. The van der Waals surface area contributed by atoms with Gasteiger partial charge in [0.05, 0.1) is 0 Å². The molecular weight excluding hydrogens is 338 g/mol. The quantitative estimate of drug-likeness (QED) is 0.660. The van der Waals surface area contributed by atoms with Crippen molar-refractivity contribution < 1.29 is 8.42 Å². The monoisotopic (exact) mass is 344 g/mol. The third-order valence-electron chi connectivity index (χ3n) is 1.79. The number of halogens is 3. The molecule has 0 saturated heterocycles. The first-order valence-electron chi connectivity index (χ1n) is 4.51. The Hall–Kier alpha value is -0.500. The average molecular weight is 346 g/mol. The number of hydrogen-bond acceptors (Lipinski definition) is 4. The van der Waals surface area contributed by atoms with Gasteiger partial charge in [-0.2, -0.15) is 0 Å². The van der Waals surface area contributed by atoms with Crippen molar-refractivity contribution in [1.82, 2.24) is 0 Å². The van der Waals surface area contributed by atoms with Crippen molar-refractivity contribution in [2.75, 3.05) is 5.09 Å². The van der Waals surface area contributed by atoms with E-state index < -0.39 is 15.3 Å². The number of anilines is 1. The van der Waals surface area contributed by atoms with Crippen LogP contribution in [0.5, 0.6) is 0 Å². The van der Waals surface area contributed by atoms with Crippen LogP contribution in [0, 0.1) is 11.3 Å². The molecule has 98 valence electrons.